The Bertz CT molecular complexity index is 915. The highest BCUT2D eigenvalue weighted by Gasteiger charge is 2.19. The Labute approximate surface area is 179 Å². The maximum Gasteiger partial charge on any atom is 0.387 e. The number of alkyl halides is 2. The summed E-state index contributed by atoms with van der Waals surface area (Å²) in [6, 6.07) is 10.8. The molecule has 0 bridgehead atoms. The van der Waals surface area contributed by atoms with Gasteiger partial charge in [0.1, 0.15) is 5.75 Å². The summed E-state index contributed by atoms with van der Waals surface area (Å²) in [5.41, 5.74) is 7.85. The Morgan fingerprint density at radius 3 is 2.42 bits per heavy atom. The van der Waals surface area contributed by atoms with Gasteiger partial charge in [0, 0.05) is 32.2 Å². The number of carbonyl (C=O) groups excluding carboxylic acids is 2. The van der Waals surface area contributed by atoms with Gasteiger partial charge >= 0.3 is 12.6 Å². The smallest absolute Gasteiger partial charge is 0.387 e. The molecular weight excluding hydrogens is 406 g/mol. The maximum absolute atomic E-state index is 12.8. The monoisotopic (exact) mass is 432 g/mol. The molecule has 0 aromatic heterocycles. The van der Waals surface area contributed by atoms with Crippen molar-refractivity contribution in [2.45, 2.75) is 32.4 Å². The molecule has 1 aliphatic rings. The van der Waals surface area contributed by atoms with Crippen molar-refractivity contribution in [1.82, 2.24) is 4.90 Å². The number of anilines is 2. The molecule has 0 radical (unpaired) electrons. The van der Waals surface area contributed by atoms with Gasteiger partial charge in [-0.2, -0.15) is 8.78 Å². The Morgan fingerprint density at radius 2 is 1.81 bits per heavy atom. The minimum Gasteiger partial charge on any atom is -0.435 e. The van der Waals surface area contributed by atoms with Gasteiger partial charge in [0.25, 0.3) is 0 Å². The molecule has 1 saturated heterocycles. The van der Waals surface area contributed by atoms with Crippen molar-refractivity contribution in [3.8, 4) is 5.75 Å². The van der Waals surface area contributed by atoms with Crippen LogP contribution in [-0.4, -0.2) is 43.6 Å². The molecule has 2 aromatic rings. The van der Waals surface area contributed by atoms with E-state index in [4.69, 9.17) is 5.73 Å². The van der Waals surface area contributed by atoms with Gasteiger partial charge < -0.3 is 25.6 Å². The predicted octanol–water partition coefficient (Wildman–Crippen LogP) is 4.04. The van der Waals surface area contributed by atoms with Crippen molar-refractivity contribution in [1.29, 1.82) is 0 Å². The number of carbonyl (C=O) groups is 2. The quantitative estimate of drug-likeness (QED) is 0.691. The number of benzene rings is 2. The summed E-state index contributed by atoms with van der Waals surface area (Å²) >= 11 is 0. The summed E-state index contributed by atoms with van der Waals surface area (Å²) in [4.78, 5) is 28.1. The highest BCUT2D eigenvalue weighted by Crippen LogP contribution is 2.30. The summed E-state index contributed by atoms with van der Waals surface area (Å²) in [6.07, 6.45) is 3.30. The number of hydrogen-bond donors (Lipinski definition) is 2. The normalized spacial score (nSPS) is 13.7. The summed E-state index contributed by atoms with van der Waals surface area (Å²) < 4.78 is 28.9. The molecule has 1 aliphatic heterocycles. The molecule has 3 amide bonds. The molecule has 0 saturated carbocycles. The number of rotatable bonds is 7. The van der Waals surface area contributed by atoms with E-state index in [2.05, 4.69) is 15.0 Å². The van der Waals surface area contributed by atoms with Gasteiger partial charge in [-0.1, -0.05) is 12.1 Å². The molecule has 0 spiro atoms. The highest BCUT2D eigenvalue weighted by molar-refractivity contribution is 5.98. The summed E-state index contributed by atoms with van der Waals surface area (Å²) in [5.74, 6) is -0.513. The molecule has 2 aromatic carbocycles. The number of urea groups is 1. The molecule has 1 fully saturated rings. The zero-order chi connectivity index (χ0) is 22.4. The third-order valence-corrected chi connectivity index (χ3v) is 5.13. The third-order valence-electron chi connectivity index (χ3n) is 5.13. The van der Waals surface area contributed by atoms with E-state index >= 15 is 0 Å². The van der Waals surface area contributed by atoms with Crippen LogP contribution in [0.15, 0.2) is 42.5 Å². The van der Waals surface area contributed by atoms with Gasteiger partial charge in [-0.3, -0.25) is 4.79 Å². The van der Waals surface area contributed by atoms with Crippen molar-refractivity contribution in [3.63, 3.8) is 0 Å². The molecule has 9 heteroatoms. The van der Waals surface area contributed by atoms with Crippen molar-refractivity contribution < 1.29 is 23.1 Å². The minimum atomic E-state index is -2.88. The number of nitrogens with zero attached hydrogens (tertiary/aromatic N) is 2. The van der Waals surface area contributed by atoms with E-state index < -0.39 is 12.5 Å². The number of nitrogens with two attached hydrogens (primary N) is 1. The fraction of sp³-hybridized carbons (Fsp3) is 0.364. The lowest BCUT2D eigenvalue weighted by atomic mass is 10.1. The summed E-state index contributed by atoms with van der Waals surface area (Å²) in [6.45, 7) is -0.872. The number of hydrogen-bond acceptors (Lipinski definition) is 4. The Balaban J connectivity index is 1.71. The van der Waals surface area contributed by atoms with E-state index in [1.165, 1.54) is 23.5 Å². The van der Waals surface area contributed by atoms with E-state index in [-0.39, 0.29) is 18.3 Å². The largest absolute Gasteiger partial charge is 0.435 e. The van der Waals surface area contributed by atoms with Crippen molar-refractivity contribution >= 4 is 23.3 Å². The van der Waals surface area contributed by atoms with E-state index in [1.807, 2.05) is 6.07 Å². The molecule has 0 aliphatic carbocycles. The van der Waals surface area contributed by atoms with E-state index in [0.717, 1.165) is 37.2 Å². The van der Waals surface area contributed by atoms with E-state index in [9.17, 15) is 18.4 Å². The Hall–Kier alpha value is -3.36. The molecular formula is C22H26F2N4O3. The average Bonchev–Trinajstić information content (AvgIpc) is 2.75. The van der Waals surface area contributed by atoms with Gasteiger partial charge in [0.2, 0.25) is 5.91 Å². The van der Waals surface area contributed by atoms with Crippen LogP contribution in [0.2, 0.25) is 0 Å². The fourth-order valence-corrected chi connectivity index (χ4v) is 3.53. The molecule has 166 valence electrons. The van der Waals surface area contributed by atoms with Gasteiger partial charge in [-0.15, -0.1) is 0 Å². The first kappa shape index (κ1) is 22.3. The van der Waals surface area contributed by atoms with Crippen LogP contribution in [0.3, 0.4) is 0 Å². The van der Waals surface area contributed by atoms with Crippen molar-refractivity contribution in [2.75, 3.05) is 30.4 Å². The number of halogens is 2. The number of piperidine rings is 1. The lowest BCUT2D eigenvalue weighted by Crippen LogP contribution is -2.33. The fourth-order valence-electron chi connectivity index (χ4n) is 3.53. The van der Waals surface area contributed by atoms with Crippen LogP contribution in [0.1, 0.15) is 35.2 Å². The lowest BCUT2D eigenvalue weighted by Gasteiger charge is -2.31. The molecule has 0 atom stereocenters. The van der Waals surface area contributed by atoms with Crippen molar-refractivity contribution in [2.24, 2.45) is 5.73 Å². The molecule has 3 rings (SSSR count). The van der Waals surface area contributed by atoms with Crippen molar-refractivity contribution in [3.05, 3.63) is 53.6 Å². The molecule has 1 heterocycles. The lowest BCUT2D eigenvalue weighted by molar-refractivity contribution is -0.0498. The van der Waals surface area contributed by atoms with Crippen LogP contribution < -0.4 is 20.7 Å². The first-order chi connectivity index (χ1) is 14.8. The van der Waals surface area contributed by atoms with Crippen LogP contribution in [0.4, 0.5) is 25.0 Å². The zero-order valence-corrected chi connectivity index (χ0v) is 17.3. The third kappa shape index (κ3) is 6.07. The summed E-state index contributed by atoms with van der Waals surface area (Å²) in [5, 5.41) is 2.87. The molecule has 31 heavy (non-hydrogen) atoms. The second kappa shape index (κ2) is 10.1. The Kier molecular flexibility index (Phi) is 7.28. The van der Waals surface area contributed by atoms with Crippen LogP contribution in [0, 0.1) is 0 Å². The Morgan fingerprint density at radius 1 is 1.13 bits per heavy atom. The summed E-state index contributed by atoms with van der Waals surface area (Å²) in [7, 11) is 1.62. The van der Waals surface area contributed by atoms with Crippen LogP contribution in [0.25, 0.3) is 0 Å². The van der Waals surface area contributed by atoms with Gasteiger partial charge in [-0.25, -0.2) is 4.79 Å². The van der Waals surface area contributed by atoms with Crippen LogP contribution in [-0.2, 0) is 6.54 Å². The predicted molar refractivity (Wildman–Crippen MR) is 115 cm³/mol. The van der Waals surface area contributed by atoms with Crippen LogP contribution in [0.5, 0.6) is 5.75 Å². The highest BCUT2D eigenvalue weighted by atomic mass is 19.3. The molecule has 7 nitrogen and oxygen atoms in total. The second-order valence-electron chi connectivity index (χ2n) is 7.45. The number of ether oxygens (including phenoxy) is 1. The zero-order valence-electron chi connectivity index (χ0n) is 17.3. The minimum absolute atomic E-state index is 0.0558. The second-order valence-corrected chi connectivity index (χ2v) is 7.45. The maximum atomic E-state index is 12.8. The van der Waals surface area contributed by atoms with Gasteiger partial charge in [-0.05, 0) is 55.2 Å². The SMILES string of the molecule is CN(Cc1ccc(OC(F)F)cc1)C(=O)Nc1cc(C(N)=O)ccc1N1CCCCC1. The molecule has 0 unspecified atom stereocenters. The standard InChI is InChI=1S/C22H26F2N4O3/c1-27(14-15-5-8-17(9-6-15)31-21(23)24)22(30)26-18-13-16(20(25)29)7-10-19(18)28-11-3-2-4-12-28/h5-10,13,21H,2-4,11-12,14H2,1H3,(H2,25,29)(H,26,30). The average molecular weight is 432 g/mol. The first-order valence-electron chi connectivity index (χ1n) is 10.1. The number of primary amides is 1. The first-order valence-corrected chi connectivity index (χ1v) is 10.1. The van der Waals surface area contributed by atoms with Gasteiger partial charge in [0.05, 0.1) is 11.4 Å². The topological polar surface area (TPSA) is 87.9 Å². The van der Waals surface area contributed by atoms with E-state index in [0.29, 0.717) is 11.3 Å². The number of nitrogens with one attached hydrogen (secondary N) is 1. The number of amides is 3. The van der Waals surface area contributed by atoms with Crippen LogP contribution >= 0.6 is 0 Å². The molecule has 3 N–H and O–H groups in total. The van der Waals surface area contributed by atoms with Gasteiger partial charge in [0.15, 0.2) is 0 Å². The van der Waals surface area contributed by atoms with E-state index in [1.54, 1.807) is 31.3 Å².